The van der Waals surface area contributed by atoms with Crippen LogP contribution in [0.3, 0.4) is 0 Å². The third-order valence-corrected chi connectivity index (χ3v) is 6.28. The van der Waals surface area contributed by atoms with Crippen LogP contribution in [0.2, 0.25) is 0 Å². The van der Waals surface area contributed by atoms with Crippen molar-refractivity contribution < 1.29 is 14.3 Å². The lowest BCUT2D eigenvalue weighted by molar-refractivity contribution is -0.127. The molecule has 0 aliphatic heterocycles. The highest BCUT2D eigenvalue weighted by atomic mass is 32.2. The number of rotatable bonds is 8. The largest absolute Gasteiger partial charge is 0.497 e. The van der Waals surface area contributed by atoms with Gasteiger partial charge in [0.15, 0.2) is 5.16 Å². The normalized spacial score (nSPS) is 10.8. The van der Waals surface area contributed by atoms with Crippen LogP contribution in [0.1, 0.15) is 5.56 Å². The van der Waals surface area contributed by atoms with Gasteiger partial charge in [-0.15, -0.1) is 0 Å². The highest BCUT2D eigenvalue weighted by Crippen LogP contribution is 2.24. The molecule has 0 unspecified atom stereocenters. The summed E-state index contributed by atoms with van der Waals surface area (Å²) in [6.45, 7) is 0.449. The van der Waals surface area contributed by atoms with Crippen molar-refractivity contribution in [2.45, 2.75) is 11.7 Å². The van der Waals surface area contributed by atoms with E-state index in [0.29, 0.717) is 34.0 Å². The molecular formula is C26H25N3O4S. The smallest absolute Gasteiger partial charge is 0.266 e. The van der Waals surface area contributed by atoms with Crippen molar-refractivity contribution in [1.82, 2.24) is 14.5 Å². The molecule has 0 saturated carbocycles. The van der Waals surface area contributed by atoms with Crippen LogP contribution < -0.4 is 15.0 Å². The Labute approximate surface area is 201 Å². The van der Waals surface area contributed by atoms with Gasteiger partial charge >= 0.3 is 0 Å². The number of carbonyl (C=O) groups excluding carboxylic acids is 1. The average Bonchev–Trinajstić information content (AvgIpc) is 2.87. The summed E-state index contributed by atoms with van der Waals surface area (Å²) in [6.07, 6.45) is 0. The van der Waals surface area contributed by atoms with Crippen molar-refractivity contribution in [2.75, 3.05) is 27.0 Å². The molecule has 1 heterocycles. The summed E-state index contributed by atoms with van der Waals surface area (Å²) < 4.78 is 12.1. The average molecular weight is 476 g/mol. The second-order valence-corrected chi connectivity index (χ2v) is 8.59. The van der Waals surface area contributed by atoms with Gasteiger partial charge in [0.2, 0.25) is 5.91 Å². The van der Waals surface area contributed by atoms with Gasteiger partial charge in [-0.2, -0.15) is 0 Å². The molecule has 7 nitrogen and oxygen atoms in total. The van der Waals surface area contributed by atoms with Crippen molar-refractivity contribution >= 4 is 28.6 Å². The maximum atomic E-state index is 13.4. The molecule has 34 heavy (non-hydrogen) atoms. The van der Waals surface area contributed by atoms with Crippen LogP contribution in [0, 0.1) is 0 Å². The van der Waals surface area contributed by atoms with Gasteiger partial charge in [0.25, 0.3) is 5.56 Å². The first-order valence-corrected chi connectivity index (χ1v) is 11.6. The SMILES string of the molecule is COc1cccc(CN(C)C(=O)CSc2nc3ccccc3c(=O)n2-c2cccc(OC)c2)c1. The summed E-state index contributed by atoms with van der Waals surface area (Å²) in [4.78, 5) is 32.7. The van der Waals surface area contributed by atoms with Crippen molar-refractivity contribution in [3.8, 4) is 17.2 Å². The maximum Gasteiger partial charge on any atom is 0.266 e. The first-order chi connectivity index (χ1) is 16.5. The van der Waals surface area contributed by atoms with Gasteiger partial charge in [0, 0.05) is 19.7 Å². The molecule has 0 bridgehead atoms. The predicted molar refractivity (Wildman–Crippen MR) is 134 cm³/mol. The number of hydrogen-bond donors (Lipinski definition) is 0. The zero-order valence-electron chi connectivity index (χ0n) is 19.2. The van der Waals surface area contributed by atoms with E-state index >= 15 is 0 Å². The van der Waals surface area contributed by atoms with Gasteiger partial charge in [-0.05, 0) is 42.0 Å². The summed E-state index contributed by atoms with van der Waals surface area (Å²) in [6, 6.07) is 22.0. The van der Waals surface area contributed by atoms with E-state index in [2.05, 4.69) is 0 Å². The van der Waals surface area contributed by atoms with Crippen LogP contribution in [-0.2, 0) is 11.3 Å². The minimum Gasteiger partial charge on any atom is -0.497 e. The minimum absolute atomic E-state index is 0.0765. The van der Waals surface area contributed by atoms with Gasteiger partial charge < -0.3 is 14.4 Å². The first kappa shape index (κ1) is 23.4. The highest BCUT2D eigenvalue weighted by molar-refractivity contribution is 7.99. The van der Waals surface area contributed by atoms with Gasteiger partial charge in [0.1, 0.15) is 11.5 Å². The van der Waals surface area contributed by atoms with Crippen molar-refractivity contribution in [2.24, 2.45) is 0 Å². The number of hydrogen-bond acceptors (Lipinski definition) is 6. The van der Waals surface area contributed by atoms with Gasteiger partial charge in [-0.25, -0.2) is 4.98 Å². The lowest BCUT2D eigenvalue weighted by atomic mass is 10.2. The molecule has 0 atom stereocenters. The van der Waals surface area contributed by atoms with E-state index in [1.54, 1.807) is 44.4 Å². The van der Waals surface area contributed by atoms with Crippen LogP contribution in [0.25, 0.3) is 16.6 Å². The summed E-state index contributed by atoms with van der Waals surface area (Å²) in [5.41, 5.74) is 1.99. The lowest BCUT2D eigenvalue weighted by Crippen LogP contribution is -2.28. The molecule has 0 aliphatic rings. The van der Waals surface area contributed by atoms with Gasteiger partial charge in [0.05, 0.1) is 36.6 Å². The summed E-state index contributed by atoms with van der Waals surface area (Å²) in [5, 5.41) is 0.955. The number of thioether (sulfide) groups is 1. The Balaban J connectivity index is 1.61. The molecule has 0 fully saturated rings. The van der Waals surface area contributed by atoms with Crippen molar-refractivity contribution in [1.29, 1.82) is 0 Å². The van der Waals surface area contributed by atoms with E-state index in [-0.39, 0.29) is 17.2 Å². The first-order valence-electron chi connectivity index (χ1n) is 10.7. The van der Waals surface area contributed by atoms with E-state index in [4.69, 9.17) is 14.5 Å². The Bertz CT molecular complexity index is 1390. The number of ether oxygens (including phenoxy) is 2. The molecule has 0 radical (unpaired) electrons. The summed E-state index contributed by atoms with van der Waals surface area (Å²) >= 11 is 1.23. The van der Waals surface area contributed by atoms with Crippen LogP contribution >= 0.6 is 11.8 Å². The van der Waals surface area contributed by atoms with E-state index < -0.39 is 0 Å². The second kappa shape index (κ2) is 10.4. The molecule has 1 aromatic heterocycles. The number of para-hydroxylation sites is 1. The third kappa shape index (κ3) is 5.07. The third-order valence-electron chi connectivity index (χ3n) is 5.36. The number of amides is 1. The second-order valence-electron chi connectivity index (χ2n) is 7.64. The number of aromatic nitrogens is 2. The molecule has 0 spiro atoms. The van der Waals surface area contributed by atoms with Gasteiger partial charge in [-0.1, -0.05) is 42.1 Å². The van der Waals surface area contributed by atoms with Crippen LogP contribution in [0.4, 0.5) is 0 Å². The zero-order valence-corrected chi connectivity index (χ0v) is 20.0. The predicted octanol–water partition coefficient (Wildman–Crippen LogP) is 4.15. The number of benzene rings is 3. The van der Waals surface area contributed by atoms with Crippen molar-refractivity contribution in [3.05, 3.63) is 88.7 Å². The molecule has 8 heteroatoms. The summed E-state index contributed by atoms with van der Waals surface area (Å²) in [5.74, 6) is 1.43. The van der Waals surface area contributed by atoms with E-state index in [9.17, 15) is 9.59 Å². The Kier molecular flexibility index (Phi) is 7.18. The molecule has 4 rings (SSSR count). The molecule has 0 N–H and O–H groups in total. The monoisotopic (exact) mass is 475 g/mol. The highest BCUT2D eigenvalue weighted by Gasteiger charge is 2.17. The Hall–Kier alpha value is -3.78. The topological polar surface area (TPSA) is 73.7 Å². The number of nitrogens with zero attached hydrogens (tertiary/aromatic N) is 3. The van der Waals surface area contributed by atoms with E-state index in [0.717, 1.165) is 11.3 Å². The fraction of sp³-hybridized carbons (Fsp3) is 0.192. The van der Waals surface area contributed by atoms with Gasteiger partial charge in [-0.3, -0.25) is 14.2 Å². The summed E-state index contributed by atoms with van der Waals surface area (Å²) in [7, 11) is 4.95. The van der Waals surface area contributed by atoms with Crippen molar-refractivity contribution in [3.63, 3.8) is 0 Å². The van der Waals surface area contributed by atoms with E-state index in [1.807, 2.05) is 54.6 Å². The van der Waals surface area contributed by atoms with Crippen LogP contribution in [0.15, 0.2) is 82.7 Å². The number of methoxy groups -OCH3 is 2. The quantitative estimate of drug-likeness (QED) is 0.282. The fourth-order valence-corrected chi connectivity index (χ4v) is 4.51. The number of carbonyl (C=O) groups is 1. The molecule has 3 aromatic carbocycles. The fourth-order valence-electron chi connectivity index (χ4n) is 3.56. The molecule has 1 amide bonds. The Morgan fingerprint density at radius 2 is 1.68 bits per heavy atom. The lowest BCUT2D eigenvalue weighted by Gasteiger charge is -2.18. The maximum absolute atomic E-state index is 13.4. The van der Waals surface area contributed by atoms with E-state index in [1.165, 1.54) is 16.3 Å². The Morgan fingerprint density at radius 3 is 2.44 bits per heavy atom. The molecule has 4 aromatic rings. The molecule has 0 saturated heterocycles. The zero-order chi connectivity index (χ0) is 24.1. The minimum atomic E-state index is -0.196. The van der Waals surface area contributed by atoms with Crippen LogP contribution in [-0.4, -0.2) is 47.4 Å². The number of fused-ring (bicyclic) bond motifs is 1. The molecule has 174 valence electrons. The Morgan fingerprint density at radius 1 is 0.971 bits per heavy atom. The molecule has 0 aliphatic carbocycles. The van der Waals surface area contributed by atoms with Crippen LogP contribution in [0.5, 0.6) is 11.5 Å². The standard InChI is InChI=1S/C26H25N3O4S/c1-28(16-18-8-6-10-20(14-18)32-2)24(30)17-34-26-27-23-13-5-4-12-22(23)25(31)29(26)19-9-7-11-21(15-19)33-3/h4-15H,16-17H2,1-3H3. The molecular weight excluding hydrogens is 450 g/mol.